The highest BCUT2D eigenvalue weighted by Gasteiger charge is 2.32. The molecule has 2 aromatic heterocycles. The highest BCUT2D eigenvalue weighted by atomic mass is 19.4. The fourth-order valence-electron chi connectivity index (χ4n) is 2.87. The molecule has 1 N–H and O–H groups in total. The molecule has 0 aliphatic heterocycles. The summed E-state index contributed by atoms with van der Waals surface area (Å²) in [5.41, 5.74) is 1.11. The summed E-state index contributed by atoms with van der Waals surface area (Å²) in [5.74, 6) is 0.0265. The van der Waals surface area contributed by atoms with Gasteiger partial charge in [-0.15, -0.1) is 0 Å². The second kappa shape index (κ2) is 6.36. The van der Waals surface area contributed by atoms with Gasteiger partial charge in [-0.25, -0.2) is 0 Å². The normalized spacial score (nSPS) is 11.6. The van der Waals surface area contributed by atoms with Crippen molar-refractivity contribution in [1.82, 2.24) is 9.72 Å². The van der Waals surface area contributed by atoms with Gasteiger partial charge in [-0.3, -0.25) is 9.36 Å². The van der Waals surface area contributed by atoms with Gasteiger partial charge in [0.05, 0.1) is 11.1 Å². The van der Waals surface area contributed by atoms with Crippen LogP contribution in [0.3, 0.4) is 0 Å². The summed E-state index contributed by atoms with van der Waals surface area (Å²) >= 11 is 0. The van der Waals surface area contributed by atoms with Crippen LogP contribution in [-0.4, -0.2) is 15.6 Å². The number of benzene rings is 1. The number of halogens is 3. The maximum atomic E-state index is 13.0. The van der Waals surface area contributed by atoms with Crippen LogP contribution in [0.25, 0.3) is 5.82 Å². The van der Waals surface area contributed by atoms with Gasteiger partial charge in [0, 0.05) is 23.1 Å². The first-order valence-electron chi connectivity index (χ1n) is 7.77. The maximum absolute atomic E-state index is 13.0. The summed E-state index contributed by atoms with van der Waals surface area (Å²) in [6.07, 6.45) is -3.06. The van der Waals surface area contributed by atoms with Crippen LogP contribution in [0.4, 0.5) is 18.9 Å². The molecule has 1 aromatic carbocycles. The smallest absolute Gasteiger partial charge is 0.363 e. The van der Waals surface area contributed by atoms with Crippen molar-refractivity contribution in [2.45, 2.75) is 26.9 Å². The number of alkyl halides is 3. The SMILES string of the molecule is Cc1ccc(NC(=O)c2cc(C)n(-c3ccon3)c2C)cc1C(F)(F)F. The third-order valence-electron chi connectivity index (χ3n) is 4.13. The van der Waals surface area contributed by atoms with Gasteiger partial charge in [0.1, 0.15) is 6.26 Å². The van der Waals surface area contributed by atoms with E-state index in [4.69, 9.17) is 4.52 Å². The lowest BCUT2D eigenvalue weighted by atomic mass is 10.1. The molecule has 5 nitrogen and oxygen atoms in total. The monoisotopic (exact) mass is 363 g/mol. The molecule has 0 fully saturated rings. The average molecular weight is 363 g/mol. The van der Waals surface area contributed by atoms with E-state index in [0.717, 1.165) is 11.8 Å². The number of carbonyl (C=O) groups is 1. The van der Waals surface area contributed by atoms with Gasteiger partial charge in [-0.2, -0.15) is 13.2 Å². The van der Waals surface area contributed by atoms with E-state index in [1.807, 2.05) is 0 Å². The molecule has 0 atom stereocenters. The standard InChI is InChI=1S/C18H16F3N3O2/c1-10-4-5-13(9-15(10)18(19,20)21)22-17(25)14-8-11(2)24(12(14)3)16-6-7-26-23-16/h4-9H,1-3H3,(H,22,25). The molecule has 3 rings (SSSR count). The molecular weight excluding hydrogens is 347 g/mol. The van der Waals surface area contributed by atoms with Gasteiger partial charge in [-0.05, 0) is 44.5 Å². The minimum absolute atomic E-state index is 0.0826. The zero-order valence-electron chi connectivity index (χ0n) is 14.3. The molecule has 136 valence electrons. The van der Waals surface area contributed by atoms with Crippen LogP contribution in [0.1, 0.15) is 32.9 Å². The zero-order valence-corrected chi connectivity index (χ0v) is 14.3. The van der Waals surface area contributed by atoms with Crippen LogP contribution in [-0.2, 0) is 6.18 Å². The molecular formula is C18H16F3N3O2. The van der Waals surface area contributed by atoms with Gasteiger partial charge < -0.3 is 9.84 Å². The number of hydrogen-bond acceptors (Lipinski definition) is 3. The zero-order chi connectivity index (χ0) is 19.1. The summed E-state index contributed by atoms with van der Waals surface area (Å²) in [6, 6.07) is 7.01. The van der Waals surface area contributed by atoms with E-state index >= 15 is 0 Å². The van der Waals surface area contributed by atoms with Crippen LogP contribution in [0, 0.1) is 20.8 Å². The van der Waals surface area contributed by atoms with E-state index < -0.39 is 17.6 Å². The van der Waals surface area contributed by atoms with Crippen molar-refractivity contribution in [1.29, 1.82) is 0 Å². The minimum Gasteiger partial charge on any atom is -0.363 e. The molecule has 0 unspecified atom stereocenters. The number of rotatable bonds is 3. The van der Waals surface area contributed by atoms with Crippen molar-refractivity contribution in [3.63, 3.8) is 0 Å². The number of carbonyl (C=O) groups excluding carboxylic acids is 1. The third kappa shape index (κ3) is 3.22. The molecule has 8 heteroatoms. The first-order chi connectivity index (χ1) is 12.2. The number of hydrogen-bond donors (Lipinski definition) is 1. The largest absolute Gasteiger partial charge is 0.416 e. The molecule has 2 heterocycles. The van der Waals surface area contributed by atoms with E-state index in [0.29, 0.717) is 17.1 Å². The van der Waals surface area contributed by atoms with Gasteiger partial charge in [0.15, 0.2) is 5.82 Å². The quantitative estimate of drug-likeness (QED) is 0.736. The van der Waals surface area contributed by atoms with Crippen LogP contribution < -0.4 is 5.32 Å². The average Bonchev–Trinajstić information content (AvgIpc) is 3.16. The lowest BCUT2D eigenvalue weighted by Crippen LogP contribution is -2.15. The maximum Gasteiger partial charge on any atom is 0.416 e. The van der Waals surface area contributed by atoms with Crippen molar-refractivity contribution in [2.24, 2.45) is 0 Å². The van der Waals surface area contributed by atoms with Crippen molar-refractivity contribution in [2.75, 3.05) is 5.32 Å². The Morgan fingerprint density at radius 1 is 1.15 bits per heavy atom. The Kier molecular flexibility index (Phi) is 4.35. The lowest BCUT2D eigenvalue weighted by molar-refractivity contribution is -0.138. The Morgan fingerprint density at radius 3 is 2.50 bits per heavy atom. The van der Waals surface area contributed by atoms with Crippen molar-refractivity contribution < 1.29 is 22.5 Å². The lowest BCUT2D eigenvalue weighted by Gasteiger charge is -2.13. The molecule has 0 saturated carbocycles. The van der Waals surface area contributed by atoms with Crippen LogP contribution >= 0.6 is 0 Å². The molecule has 0 saturated heterocycles. The van der Waals surface area contributed by atoms with Crippen LogP contribution in [0.15, 0.2) is 41.1 Å². The highest BCUT2D eigenvalue weighted by molar-refractivity contribution is 6.05. The van der Waals surface area contributed by atoms with Gasteiger partial charge in [0.25, 0.3) is 5.91 Å². The first-order valence-corrected chi connectivity index (χ1v) is 7.77. The predicted molar refractivity (Wildman–Crippen MR) is 89.4 cm³/mol. The fourth-order valence-corrected chi connectivity index (χ4v) is 2.87. The van der Waals surface area contributed by atoms with Crippen LogP contribution in [0.2, 0.25) is 0 Å². The molecule has 0 aliphatic rings. The first kappa shape index (κ1) is 17.8. The number of anilines is 1. The van der Waals surface area contributed by atoms with E-state index in [1.54, 1.807) is 30.5 Å². The Bertz CT molecular complexity index is 957. The second-order valence-electron chi connectivity index (χ2n) is 5.96. The number of nitrogens with one attached hydrogen (secondary N) is 1. The van der Waals surface area contributed by atoms with Crippen LogP contribution in [0.5, 0.6) is 0 Å². The van der Waals surface area contributed by atoms with E-state index in [9.17, 15) is 18.0 Å². The molecule has 3 aromatic rings. The topological polar surface area (TPSA) is 60.1 Å². The minimum atomic E-state index is -4.48. The van der Waals surface area contributed by atoms with Gasteiger partial charge >= 0.3 is 6.18 Å². The number of aromatic nitrogens is 2. The highest BCUT2D eigenvalue weighted by Crippen LogP contribution is 2.33. The molecule has 0 spiro atoms. The molecule has 1 amide bonds. The van der Waals surface area contributed by atoms with E-state index in [1.165, 1.54) is 25.3 Å². The Morgan fingerprint density at radius 2 is 1.88 bits per heavy atom. The van der Waals surface area contributed by atoms with E-state index in [-0.39, 0.29) is 11.3 Å². The molecule has 0 aliphatic carbocycles. The Hall–Kier alpha value is -3.03. The molecule has 26 heavy (non-hydrogen) atoms. The van der Waals surface area contributed by atoms with Gasteiger partial charge in [0.2, 0.25) is 0 Å². The molecule has 0 bridgehead atoms. The summed E-state index contributed by atoms with van der Waals surface area (Å²) in [6.45, 7) is 4.90. The van der Waals surface area contributed by atoms with Crippen molar-refractivity contribution in [3.8, 4) is 5.82 Å². The predicted octanol–water partition coefficient (Wildman–Crippen LogP) is 4.66. The van der Waals surface area contributed by atoms with E-state index in [2.05, 4.69) is 10.5 Å². The van der Waals surface area contributed by atoms with Gasteiger partial charge in [-0.1, -0.05) is 11.2 Å². The number of aryl methyl sites for hydroxylation is 2. The second-order valence-corrected chi connectivity index (χ2v) is 5.96. The number of amides is 1. The molecule has 0 radical (unpaired) electrons. The van der Waals surface area contributed by atoms with Crippen molar-refractivity contribution in [3.05, 3.63) is 64.7 Å². The Balaban J connectivity index is 1.91. The summed E-state index contributed by atoms with van der Waals surface area (Å²) in [4.78, 5) is 12.6. The summed E-state index contributed by atoms with van der Waals surface area (Å²) < 4.78 is 45.7. The summed E-state index contributed by atoms with van der Waals surface area (Å²) in [7, 11) is 0. The summed E-state index contributed by atoms with van der Waals surface area (Å²) in [5, 5.41) is 6.37. The Labute approximate surface area is 147 Å². The van der Waals surface area contributed by atoms with Crippen molar-refractivity contribution >= 4 is 11.6 Å². The third-order valence-corrected chi connectivity index (χ3v) is 4.13. The fraction of sp³-hybridized carbons (Fsp3) is 0.222. The number of nitrogens with zero attached hydrogens (tertiary/aromatic N) is 2.